The summed E-state index contributed by atoms with van der Waals surface area (Å²) in [6.07, 6.45) is 1.54. The maximum absolute atomic E-state index is 14.0. The molecule has 2 N–H and O–H groups in total. The number of rotatable bonds is 2. The summed E-state index contributed by atoms with van der Waals surface area (Å²) in [6, 6.07) is 1.38. The van der Waals surface area contributed by atoms with E-state index in [9.17, 15) is 14.3 Å². The van der Waals surface area contributed by atoms with Gasteiger partial charge in [-0.05, 0) is 18.4 Å². The average Bonchev–Trinajstić information content (AvgIpc) is 2.41. The van der Waals surface area contributed by atoms with Crippen LogP contribution in [0.1, 0.15) is 23.7 Å². The van der Waals surface area contributed by atoms with Crippen molar-refractivity contribution in [3.63, 3.8) is 0 Å². The van der Waals surface area contributed by atoms with E-state index in [1.165, 1.54) is 12.3 Å². The molecule has 0 aliphatic carbocycles. The van der Waals surface area contributed by atoms with Crippen LogP contribution in [0.2, 0.25) is 0 Å². The maximum Gasteiger partial charge on any atom is 0.257 e. The molecule has 2 unspecified atom stereocenters. The second kappa shape index (κ2) is 5.52. The molecule has 0 spiro atoms. The monoisotopic (exact) mass is 267 g/mol. The summed E-state index contributed by atoms with van der Waals surface area (Å²) in [7, 11) is 1.55. The Hall–Kier alpha value is -1.69. The quantitative estimate of drug-likeness (QED) is 0.842. The molecule has 0 bridgehead atoms. The van der Waals surface area contributed by atoms with Gasteiger partial charge in [0.05, 0.1) is 11.7 Å². The van der Waals surface area contributed by atoms with Crippen LogP contribution in [0.15, 0.2) is 12.3 Å². The van der Waals surface area contributed by atoms with Crippen LogP contribution < -0.4 is 5.32 Å². The molecule has 2 heterocycles. The van der Waals surface area contributed by atoms with Gasteiger partial charge in [0.15, 0.2) is 11.6 Å². The fraction of sp³-hybridized carbons (Fsp3) is 0.538. The number of carbonyl (C=O) groups is 1. The molecule has 2 rings (SSSR count). The van der Waals surface area contributed by atoms with Crippen molar-refractivity contribution >= 4 is 11.7 Å². The highest BCUT2D eigenvalue weighted by Gasteiger charge is 2.29. The number of carbonyl (C=O) groups excluding carboxylic acids is 1. The van der Waals surface area contributed by atoms with E-state index in [1.54, 1.807) is 11.9 Å². The van der Waals surface area contributed by atoms with Gasteiger partial charge in [-0.3, -0.25) is 4.79 Å². The number of aliphatic hydroxyl groups excluding tert-OH is 1. The first-order valence-electron chi connectivity index (χ1n) is 6.34. The number of aliphatic hydroxyl groups is 1. The van der Waals surface area contributed by atoms with Crippen LogP contribution in [-0.4, -0.2) is 47.1 Å². The largest absolute Gasteiger partial charge is 0.393 e. The van der Waals surface area contributed by atoms with Crippen molar-refractivity contribution < 1.29 is 14.3 Å². The van der Waals surface area contributed by atoms with Crippen molar-refractivity contribution in [1.29, 1.82) is 0 Å². The predicted octanol–water partition coefficient (Wildman–Crippen LogP) is 1.11. The molecular weight excluding hydrogens is 249 g/mol. The van der Waals surface area contributed by atoms with E-state index >= 15 is 0 Å². The van der Waals surface area contributed by atoms with E-state index in [1.807, 2.05) is 6.92 Å². The summed E-state index contributed by atoms with van der Waals surface area (Å²) in [6.45, 7) is 2.77. The smallest absolute Gasteiger partial charge is 0.257 e. The number of hydrogen-bond donors (Lipinski definition) is 2. The second-order valence-electron chi connectivity index (χ2n) is 4.86. The molecule has 0 saturated carbocycles. The van der Waals surface area contributed by atoms with E-state index in [-0.39, 0.29) is 29.3 Å². The SMILES string of the molecule is CNc1nccc(C(=O)N2CCC(O)C(C)C2)c1F. The Bertz CT molecular complexity index is 481. The summed E-state index contributed by atoms with van der Waals surface area (Å²) in [5.41, 5.74) is 0.0166. The molecule has 0 radical (unpaired) electrons. The van der Waals surface area contributed by atoms with Crippen molar-refractivity contribution in [2.24, 2.45) is 5.92 Å². The van der Waals surface area contributed by atoms with Gasteiger partial charge in [-0.25, -0.2) is 9.37 Å². The highest BCUT2D eigenvalue weighted by atomic mass is 19.1. The topological polar surface area (TPSA) is 65.5 Å². The zero-order chi connectivity index (χ0) is 14.0. The summed E-state index contributed by atoms with van der Waals surface area (Å²) < 4.78 is 14.0. The number of piperidine rings is 1. The lowest BCUT2D eigenvalue weighted by Crippen LogP contribution is -2.45. The highest BCUT2D eigenvalue weighted by Crippen LogP contribution is 2.21. The van der Waals surface area contributed by atoms with E-state index in [2.05, 4.69) is 10.3 Å². The van der Waals surface area contributed by atoms with Crippen LogP contribution in [0.3, 0.4) is 0 Å². The predicted molar refractivity (Wildman–Crippen MR) is 69.4 cm³/mol. The lowest BCUT2D eigenvalue weighted by molar-refractivity contribution is 0.0295. The molecule has 104 valence electrons. The van der Waals surface area contributed by atoms with Gasteiger partial charge in [-0.2, -0.15) is 0 Å². The minimum Gasteiger partial charge on any atom is -0.393 e. The van der Waals surface area contributed by atoms with Crippen molar-refractivity contribution in [3.8, 4) is 0 Å². The van der Waals surface area contributed by atoms with Gasteiger partial charge in [-0.15, -0.1) is 0 Å². The van der Waals surface area contributed by atoms with Crippen molar-refractivity contribution in [3.05, 3.63) is 23.6 Å². The van der Waals surface area contributed by atoms with E-state index in [4.69, 9.17) is 0 Å². The van der Waals surface area contributed by atoms with Gasteiger partial charge in [0.25, 0.3) is 5.91 Å². The first-order chi connectivity index (χ1) is 9.04. The lowest BCUT2D eigenvalue weighted by atomic mass is 9.96. The van der Waals surface area contributed by atoms with Crippen LogP contribution in [-0.2, 0) is 0 Å². The summed E-state index contributed by atoms with van der Waals surface area (Å²) >= 11 is 0. The van der Waals surface area contributed by atoms with Gasteiger partial charge in [0.2, 0.25) is 0 Å². The molecular formula is C13H18FN3O2. The van der Waals surface area contributed by atoms with Crippen LogP contribution in [0, 0.1) is 11.7 Å². The summed E-state index contributed by atoms with van der Waals surface area (Å²) in [4.78, 5) is 17.7. The molecule has 1 aromatic rings. The lowest BCUT2D eigenvalue weighted by Gasteiger charge is -2.34. The number of halogens is 1. The number of hydrogen-bond acceptors (Lipinski definition) is 4. The molecule has 1 amide bonds. The van der Waals surface area contributed by atoms with E-state index in [0.717, 1.165) is 0 Å². The molecule has 1 fully saturated rings. The second-order valence-corrected chi connectivity index (χ2v) is 4.86. The minimum absolute atomic E-state index is 0.00590. The van der Waals surface area contributed by atoms with Crippen molar-refractivity contribution in [1.82, 2.24) is 9.88 Å². The average molecular weight is 267 g/mol. The van der Waals surface area contributed by atoms with E-state index < -0.39 is 5.82 Å². The molecule has 19 heavy (non-hydrogen) atoms. The van der Waals surface area contributed by atoms with Crippen molar-refractivity contribution in [2.45, 2.75) is 19.4 Å². The third-order valence-electron chi connectivity index (χ3n) is 3.50. The molecule has 1 aromatic heterocycles. The Morgan fingerprint density at radius 2 is 2.37 bits per heavy atom. The van der Waals surface area contributed by atoms with Crippen LogP contribution in [0.4, 0.5) is 10.2 Å². The molecule has 5 nitrogen and oxygen atoms in total. The fourth-order valence-electron chi connectivity index (χ4n) is 2.27. The molecule has 1 aliphatic heterocycles. The molecule has 1 aliphatic rings. The van der Waals surface area contributed by atoms with Crippen molar-refractivity contribution in [2.75, 3.05) is 25.5 Å². The summed E-state index contributed by atoms with van der Waals surface area (Å²) in [5.74, 6) is -0.911. The molecule has 2 atom stereocenters. The Morgan fingerprint density at radius 3 is 3.00 bits per heavy atom. The third kappa shape index (κ3) is 2.68. The van der Waals surface area contributed by atoms with Gasteiger partial charge in [0.1, 0.15) is 0 Å². The zero-order valence-corrected chi connectivity index (χ0v) is 11.1. The van der Waals surface area contributed by atoms with Gasteiger partial charge >= 0.3 is 0 Å². The highest BCUT2D eigenvalue weighted by molar-refractivity contribution is 5.95. The fourth-order valence-corrected chi connectivity index (χ4v) is 2.27. The van der Waals surface area contributed by atoms with Crippen LogP contribution >= 0.6 is 0 Å². The number of anilines is 1. The normalized spacial score (nSPS) is 23.3. The van der Waals surface area contributed by atoms with Gasteiger partial charge in [0, 0.05) is 26.3 Å². The molecule has 1 saturated heterocycles. The first kappa shape index (κ1) is 13.7. The van der Waals surface area contributed by atoms with Crippen LogP contribution in [0.25, 0.3) is 0 Å². The molecule has 0 aromatic carbocycles. The minimum atomic E-state index is -0.631. The number of nitrogens with zero attached hydrogens (tertiary/aromatic N) is 2. The standard InChI is InChI=1S/C13H18FN3O2/c1-8-7-17(6-4-10(8)18)13(19)9-3-5-16-12(15-2)11(9)14/h3,5,8,10,18H,4,6-7H2,1-2H3,(H,15,16). The van der Waals surface area contributed by atoms with E-state index in [0.29, 0.717) is 19.5 Å². The maximum atomic E-state index is 14.0. The first-order valence-corrected chi connectivity index (χ1v) is 6.34. The number of nitrogens with one attached hydrogen (secondary N) is 1. The Morgan fingerprint density at radius 1 is 1.63 bits per heavy atom. The van der Waals surface area contributed by atoms with Gasteiger partial charge in [-0.1, -0.05) is 6.92 Å². The Labute approximate surface area is 111 Å². The molecule has 6 heteroatoms. The number of amides is 1. The third-order valence-corrected chi connectivity index (χ3v) is 3.50. The number of pyridine rings is 1. The Kier molecular flexibility index (Phi) is 3.99. The summed E-state index contributed by atoms with van der Waals surface area (Å²) in [5, 5.41) is 12.3. The van der Waals surface area contributed by atoms with Crippen LogP contribution in [0.5, 0.6) is 0 Å². The van der Waals surface area contributed by atoms with Gasteiger partial charge < -0.3 is 15.3 Å². The Balaban J connectivity index is 2.20. The number of likely N-dealkylation sites (tertiary alicyclic amines) is 1. The zero-order valence-electron chi connectivity index (χ0n) is 11.1. The number of aromatic nitrogens is 1.